The highest BCUT2D eigenvalue weighted by Crippen LogP contribution is 2.25. The molecule has 1 aromatic carbocycles. The molecule has 0 aliphatic heterocycles. The molecule has 2 rings (SSSR count). The van der Waals surface area contributed by atoms with Crippen LogP contribution in [0.2, 0.25) is 5.02 Å². The minimum absolute atomic E-state index is 0.0392. The topological polar surface area (TPSA) is 95.5 Å². The average Bonchev–Trinajstić information content (AvgIpc) is 2.82. The Bertz CT molecular complexity index is 668. The number of aromatic nitrogens is 1. The molecule has 0 unspecified atom stereocenters. The van der Waals surface area contributed by atoms with Crippen LogP contribution < -0.4 is 0 Å². The standard InChI is InChI=1S/C12H9ClN2O5/c1-7-4-9(20-14-7)6-19-12(16)8-2-3-10(13)11(5-8)15(17)18/h2-5H,6H2,1H3. The first kappa shape index (κ1) is 14.0. The number of nitrogens with zero attached hydrogens (tertiary/aromatic N) is 2. The normalized spacial score (nSPS) is 10.3. The molecule has 0 spiro atoms. The zero-order valence-corrected chi connectivity index (χ0v) is 11.1. The third-order valence-electron chi connectivity index (χ3n) is 2.40. The molecule has 8 heteroatoms. The molecule has 0 radical (unpaired) electrons. The quantitative estimate of drug-likeness (QED) is 0.489. The van der Waals surface area contributed by atoms with Gasteiger partial charge in [-0.1, -0.05) is 16.8 Å². The first-order valence-electron chi connectivity index (χ1n) is 5.50. The van der Waals surface area contributed by atoms with Gasteiger partial charge in [-0.15, -0.1) is 0 Å². The van der Waals surface area contributed by atoms with E-state index in [1.54, 1.807) is 13.0 Å². The van der Waals surface area contributed by atoms with Crippen LogP contribution in [-0.2, 0) is 11.3 Å². The minimum atomic E-state index is -0.709. The fraction of sp³-hybridized carbons (Fsp3) is 0.167. The van der Waals surface area contributed by atoms with Gasteiger partial charge in [0.05, 0.1) is 16.2 Å². The van der Waals surface area contributed by atoms with Crippen molar-refractivity contribution in [2.24, 2.45) is 0 Å². The van der Waals surface area contributed by atoms with Gasteiger partial charge in [0.25, 0.3) is 5.69 Å². The summed E-state index contributed by atoms with van der Waals surface area (Å²) in [6, 6.07) is 5.31. The zero-order valence-electron chi connectivity index (χ0n) is 10.3. The van der Waals surface area contributed by atoms with Crippen LogP contribution in [-0.4, -0.2) is 16.0 Å². The molecule has 0 bridgehead atoms. The van der Waals surface area contributed by atoms with Crippen LogP contribution in [0.4, 0.5) is 5.69 Å². The molecule has 0 saturated heterocycles. The molecule has 1 aromatic heterocycles. The number of hydrogen-bond donors (Lipinski definition) is 0. The summed E-state index contributed by atoms with van der Waals surface area (Å²) in [7, 11) is 0. The molecule has 1 heterocycles. The number of carbonyl (C=O) groups is 1. The Labute approximate surface area is 118 Å². The number of hydrogen-bond acceptors (Lipinski definition) is 6. The first-order valence-corrected chi connectivity index (χ1v) is 5.88. The van der Waals surface area contributed by atoms with E-state index in [0.29, 0.717) is 11.5 Å². The highest BCUT2D eigenvalue weighted by Gasteiger charge is 2.17. The van der Waals surface area contributed by atoms with Crippen LogP contribution in [0.5, 0.6) is 0 Å². The van der Waals surface area contributed by atoms with Crippen LogP contribution in [0.3, 0.4) is 0 Å². The van der Waals surface area contributed by atoms with E-state index >= 15 is 0 Å². The molecular weight excluding hydrogens is 288 g/mol. The van der Waals surface area contributed by atoms with Crippen molar-refractivity contribution in [2.75, 3.05) is 0 Å². The molecule has 0 atom stereocenters. The van der Waals surface area contributed by atoms with E-state index < -0.39 is 10.9 Å². The SMILES string of the molecule is Cc1cc(COC(=O)c2ccc(Cl)c([N+](=O)[O-])c2)on1. The number of benzene rings is 1. The maximum atomic E-state index is 11.8. The fourth-order valence-corrected chi connectivity index (χ4v) is 1.67. The number of nitro groups is 1. The van der Waals surface area contributed by atoms with Gasteiger partial charge in [-0.3, -0.25) is 10.1 Å². The van der Waals surface area contributed by atoms with Crippen LogP contribution in [0.1, 0.15) is 21.8 Å². The van der Waals surface area contributed by atoms with E-state index in [2.05, 4.69) is 5.16 Å². The van der Waals surface area contributed by atoms with Gasteiger partial charge in [0.2, 0.25) is 0 Å². The second kappa shape index (κ2) is 5.70. The number of esters is 1. The number of nitro benzene ring substituents is 1. The number of ether oxygens (including phenoxy) is 1. The Morgan fingerprint density at radius 1 is 1.50 bits per heavy atom. The average molecular weight is 297 g/mol. The molecule has 0 aliphatic rings. The molecule has 104 valence electrons. The predicted molar refractivity (Wildman–Crippen MR) is 68.5 cm³/mol. The first-order chi connectivity index (χ1) is 9.47. The van der Waals surface area contributed by atoms with E-state index in [4.69, 9.17) is 20.9 Å². The Morgan fingerprint density at radius 2 is 2.25 bits per heavy atom. The lowest BCUT2D eigenvalue weighted by molar-refractivity contribution is -0.384. The number of rotatable bonds is 4. The van der Waals surface area contributed by atoms with Gasteiger partial charge in [-0.05, 0) is 19.1 Å². The summed E-state index contributed by atoms with van der Waals surface area (Å²) in [5, 5.41) is 14.3. The van der Waals surface area contributed by atoms with Gasteiger partial charge in [-0.25, -0.2) is 4.79 Å². The van der Waals surface area contributed by atoms with Crippen molar-refractivity contribution >= 4 is 23.3 Å². The van der Waals surface area contributed by atoms with Gasteiger partial charge >= 0.3 is 5.97 Å². The molecule has 0 saturated carbocycles. The maximum absolute atomic E-state index is 11.8. The van der Waals surface area contributed by atoms with Crippen LogP contribution in [0, 0.1) is 17.0 Å². The number of aryl methyl sites for hydroxylation is 1. The van der Waals surface area contributed by atoms with Crippen molar-refractivity contribution in [2.45, 2.75) is 13.5 Å². The Morgan fingerprint density at radius 3 is 2.85 bits per heavy atom. The van der Waals surface area contributed by atoms with E-state index in [1.165, 1.54) is 12.1 Å². The van der Waals surface area contributed by atoms with Crippen molar-refractivity contribution < 1.29 is 19.0 Å². The fourth-order valence-electron chi connectivity index (χ4n) is 1.48. The van der Waals surface area contributed by atoms with Gasteiger partial charge in [0.15, 0.2) is 12.4 Å². The van der Waals surface area contributed by atoms with E-state index in [0.717, 1.165) is 6.07 Å². The van der Waals surface area contributed by atoms with Gasteiger partial charge in [-0.2, -0.15) is 0 Å². The summed E-state index contributed by atoms with van der Waals surface area (Å²) in [5.74, 6) is -0.321. The smallest absolute Gasteiger partial charge is 0.338 e. The summed E-state index contributed by atoms with van der Waals surface area (Å²) in [4.78, 5) is 21.8. The number of halogens is 1. The molecule has 0 amide bonds. The third kappa shape index (κ3) is 3.12. The summed E-state index contributed by atoms with van der Waals surface area (Å²) >= 11 is 5.65. The van der Waals surface area contributed by atoms with Crippen LogP contribution in [0.15, 0.2) is 28.8 Å². The third-order valence-corrected chi connectivity index (χ3v) is 2.72. The molecular formula is C12H9ClN2O5. The van der Waals surface area contributed by atoms with E-state index in [9.17, 15) is 14.9 Å². The van der Waals surface area contributed by atoms with Gasteiger partial charge in [0.1, 0.15) is 5.02 Å². The summed E-state index contributed by atoms with van der Waals surface area (Å²) in [6.07, 6.45) is 0. The summed E-state index contributed by atoms with van der Waals surface area (Å²) < 4.78 is 9.84. The van der Waals surface area contributed by atoms with E-state index in [1.807, 2.05) is 0 Å². The van der Waals surface area contributed by atoms with Crippen molar-refractivity contribution in [3.63, 3.8) is 0 Å². The highest BCUT2D eigenvalue weighted by molar-refractivity contribution is 6.32. The van der Waals surface area contributed by atoms with Crippen molar-refractivity contribution in [1.29, 1.82) is 0 Å². The molecule has 0 aliphatic carbocycles. The van der Waals surface area contributed by atoms with Gasteiger partial charge < -0.3 is 9.26 Å². The Kier molecular flexibility index (Phi) is 3.99. The predicted octanol–water partition coefficient (Wildman–Crippen LogP) is 2.90. The summed E-state index contributed by atoms with van der Waals surface area (Å²) in [6.45, 7) is 1.63. The summed E-state index contributed by atoms with van der Waals surface area (Å²) in [5.41, 5.74) is 0.354. The monoisotopic (exact) mass is 296 g/mol. The van der Waals surface area contributed by atoms with Crippen LogP contribution in [0.25, 0.3) is 0 Å². The molecule has 20 heavy (non-hydrogen) atoms. The second-order valence-corrected chi connectivity index (χ2v) is 4.34. The second-order valence-electron chi connectivity index (χ2n) is 3.93. The lowest BCUT2D eigenvalue weighted by Gasteiger charge is -2.03. The van der Waals surface area contributed by atoms with Gasteiger partial charge in [0, 0.05) is 12.1 Å². The largest absolute Gasteiger partial charge is 0.454 e. The Balaban J connectivity index is 2.09. The van der Waals surface area contributed by atoms with E-state index in [-0.39, 0.29) is 22.9 Å². The highest BCUT2D eigenvalue weighted by atomic mass is 35.5. The van der Waals surface area contributed by atoms with Crippen molar-refractivity contribution in [1.82, 2.24) is 5.16 Å². The lowest BCUT2D eigenvalue weighted by Crippen LogP contribution is -2.05. The lowest BCUT2D eigenvalue weighted by atomic mass is 10.2. The molecule has 0 fully saturated rings. The van der Waals surface area contributed by atoms with Crippen molar-refractivity contribution in [3.05, 3.63) is 56.4 Å². The maximum Gasteiger partial charge on any atom is 0.338 e. The molecule has 7 nitrogen and oxygen atoms in total. The zero-order chi connectivity index (χ0) is 14.7. The molecule has 2 aromatic rings. The Hall–Kier alpha value is -2.41. The van der Waals surface area contributed by atoms with Crippen LogP contribution >= 0.6 is 11.6 Å². The number of carbonyl (C=O) groups excluding carboxylic acids is 1. The molecule has 0 N–H and O–H groups in total. The minimum Gasteiger partial charge on any atom is -0.454 e. The van der Waals surface area contributed by atoms with Crippen molar-refractivity contribution in [3.8, 4) is 0 Å².